The lowest BCUT2D eigenvalue weighted by Gasteiger charge is -2.35. The number of nitrogens with one attached hydrogen (secondary N) is 2. The number of anilines is 2. The summed E-state index contributed by atoms with van der Waals surface area (Å²) < 4.78 is 0. The van der Waals surface area contributed by atoms with Gasteiger partial charge in [-0.25, -0.2) is 0 Å². The van der Waals surface area contributed by atoms with Crippen LogP contribution in [0.25, 0.3) is 0 Å². The van der Waals surface area contributed by atoms with Crippen molar-refractivity contribution in [3.8, 4) is 6.07 Å². The molecule has 0 radical (unpaired) electrons. The molecule has 1 atom stereocenters. The predicted octanol–water partition coefficient (Wildman–Crippen LogP) is 2.29. The van der Waals surface area contributed by atoms with Gasteiger partial charge < -0.3 is 10.6 Å². The Morgan fingerprint density at radius 2 is 2.14 bits per heavy atom. The van der Waals surface area contributed by atoms with Gasteiger partial charge in [-0.1, -0.05) is 0 Å². The molecule has 0 aromatic heterocycles. The third kappa shape index (κ3) is 3.72. The van der Waals surface area contributed by atoms with Crippen molar-refractivity contribution in [3.05, 3.63) is 24.3 Å². The standard InChI is InChI=1S/C15H20N6/c1-11-4-2-3-9-21(11)13-7-5-12(6-8-13)19-20-14(10-16)15(17)18/h5-8,11,19H,2-4,9H2,1H3,(H3,17,18)/b20-14+. The number of benzene rings is 1. The monoisotopic (exact) mass is 284 g/mol. The highest BCUT2D eigenvalue weighted by atomic mass is 15.3. The van der Waals surface area contributed by atoms with Crippen LogP contribution in [0, 0.1) is 16.7 Å². The van der Waals surface area contributed by atoms with Gasteiger partial charge in [0.25, 0.3) is 0 Å². The molecule has 1 heterocycles. The highest BCUT2D eigenvalue weighted by Gasteiger charge is 2.18. The van der Waals surface area contributed by atoms with Crippen molar-refractivity contribution >= 4 is 22.9 Å². The Morgan fingerprint density at radius 1 is 1.43 bits per heavy atom. The first-order valence-corrected chi connectivity index (χ1v) is 7.06. The molecule has 0 saturated carbocycles. The Balaban J connectivity index is 2.05. The van der Waals surface area contributed by atoms with E-state index < -0.39 is 0 Å². The summed E-state index contributed by atoms with van der Waals surface area (Å²) in [5.74, 6) is -0.344. The lowest BCUT2D eigenvalue weighted by molar-refractivity contribution is 0.485. The van der Waals surface area contributed by atoms with Crippen LogP contribution in [0.1, 0.15) is 26.2 Å². The molecular weight excluding hydrogens is 264 g/mol. The first kappa shape index (κ1) is 14.9. The van der Waals surface area contributed by atoms with E-state index >= 15 is 0 Å². The number of amidine groups is 1. The van der Waals surface area contributed by atoms with Crippen molar-refractivity contribution in [2.75, 3.05) is 16.9 Å². The van der Waals surface area contributed by atoms with Gasteiger partial charge in [0.2, 0.25) is 5.71 Å². The number of piperidine rings is 1. The number of hydrazone groups is 1. The van der Waals surface area contributed by atoms with Gasteiger partial charge in [-0.3, -0.25) is 10.8 Å². The van der Waals surface area contributed by atoms with Crippen LogP contribution in [-0.4, -0.2) is 24.1 Å². The van der Waals surface area contributed by atoms with Crippen LogP contribution in [-0.2, 0) is 0 Å². The van der Waals surface area contributed by atoms with Gasteiger partial charge in [-0.05, 0) is 50.5 Å². The van der Waals surface area contributed by atoms with Gasteiger partial charge in [0.05, 0.1) is 5.69 Å². The molecule has 1 fully saturated rings. The van der Waals surface area contributed by atoms with E-state index in [9.17, 15) is 0 Å². The lowest BCUT2D eigenvalue weighted by atomic mass is 10.0. The fraction of sp³-hybridized carbons (Fsp3) is 0.400. The Morgan fingerprint density at radius 3 is 2.71 bits per heavy atom. The van der Waals surface area contributed by atoms with E-state index in [4.69, 9.17) is 16.4 Å². The SMILES string of the molecule is CC1CCCCN1c1ccc(N/N=C(\C#N)C(=N)N)cc1. The fourth-order valence-corrected chi connectivity index (χ4v) is 2.48. The molecule has 1 saturated heterocycles. The van der Waals surface area contributed by atoms with Gasteiger partial charge >= 0.3 is 0 Å². The van der Waals surface area contributed by atoms with Crippen molar-refractivity contribution in [1.82, 2.24) is 0 Å². The lowest BCUT2D eigenvalue weighted by Crippen LogP contribution is -2.37. The Kier molecular flexibility index (Phi) is 4.77. The van der Waals surface area contributed by atoms with Gasteiger partial charge in [0.15, 0.2) is 5.84 Å². The second-order valence-corrected chi connectivity index (χ2v) is 5.18. The van der Waals surface area contributed by atoms with Crippen LogP contribution >= 0.6 is 0 Å². The number of hydrogen-bond acceptors (Lipinski definition) is 5. The molecule has 2 rings (SSSR count). The minimum Gasteiger partial charge on any atom is -0.382 e. The van der Waals surface area contributed by atoms with Crippen LogP contribution in [0.2, 0.25) is 0 Å². The highest BCUT2D eigenvalue weighted by molar-refractivity contribution is 6.45. The Bertz CT molecular complexity index is 569. The average Bonchev–Trinajstić information content (AvgIpc) is 2.49. The smallest absolute Gasteiger partial charge is 0.201 e. The third-order valence-electron chi connectivity index (χ3n) is 3.66. The van der Waals surface area contributed by atoms with Crippen molar-refractivity contribution in [1.29, 1.82) is 10.7 Å². The molecule has 6 heteroatoms. The predicted molar refractivity (Wildman–Crippen MR) is 85.7 cm³/mol. The molecule has 110 valence electrons. The van der Waals surface area contributed by atoms with Crippen LogP contribution < -0.4 is 16.1 Å². The molecular formula is C15H20N6. The summed E-state index contributed by atoms with van der Waals surface area (Å²) >= 11 is 0. The minimum atomic E-state index is -0.344. The maximum Gasteiger partial charge on any atom is 0.201 e. The second-order valence-electron chi connectivity index (χ2n) is 5.18. The number of nitrogens with two attached hydrogens (primary N) is 1. The topological polar surface area (TPSA) is 101 Å². The van der Waals surface area contributed by atoms with Crippen molar-refractivity contribution in [2.45, 2.75) is 32.2 Å². The van der Waals surface area contributed by atoms with Gasteiger partial charge in [0.1, 0.15) is 6.07 Å². The summed E-state index contributed by atoms with van der Waals surface area (Å²) in [6.45, 7) is 3.34. The molecule has 0 amide bonds. The summed E-state index contributed by atoms with van der Waals surface area (Å²) in [4.78, 5) is 2.41. The summed E-state index contributed by atoms with van der Waals surface area (Å²) in [6.07, 6.45) is 3.77. The largest absolute Gasteiger partial charge is 0.382 e. The molecule has 0 bridgehead atoms. The second kappa shape index (κ2) is 6.75. The van der Waals surface area contributed by atoms with Gasteiger partial charge in [-0.15, -0.1) is 0 Å². The average molecular weight is 284 g/mol. The molecule has 0 spiro atoms. The summed E-state index contributed by atoms with van der Waals surface area (Å²) in [5.41, 5.74) is 9.81. The fourth-order valence-electron chi connectivity index (χ4n) is 2.48. The number of hydrogen-bond donors (Lipinski definition) is 3. The van der Waals surface area contributed by atoms with Crippen LogP contribution in [0.15, 0.2) is 29.4 Å². The zero-order valence-electron chi connectivity index (χ0n) is 12.1. The molecule has 1 unspecified atom stereocenters. The first-order chi connectivity index (χ1) is 10.1. The third-order valence-corrected chi connectivity index (χ3v) is 3.66. The van der Waals surface area contributed by atoms with E-state index in [0.717, 1.165) is 12.2 Å². The quantitative estimate of drug-likeness (QED) is 0.448. The number of nitrogens with zero attached hydrogens (tertiary/aromatic N) is 3. The number of nitriles is 1. The molecule has 0 aliphatic carbocycles. The maximum absolute atomic E-state index is 8.77. The van der Waals surface area contributed by atoms with E-state index in [1.165, 1.54) is 24.9 Å². The van der Waals surface area contributed by atoms with Crippen LogP contribution in [0.5, 0.6) is 0 Å². The molecule has 6 nitrogen and oxygen atoms in total. The summed E-state index contributed by atoms with van der Waals surface area (Å²) in [7, 11) is 0. The van der Waals surface area contributed by atoms with Gasteiger partial charge in [0, 0.05) is 18.3 Å². The van der Waals surface area contributed by atoms with Crippen LogP contribution in [0.4, 0.5) is 11.4 Å². The maximum atomic E-state index is 8.77. The van der Waals surface area contributed by atoms with Crippen molar-refractivity contribution < 1.29 is 0 Å². The van der Waals surface area contributed by atoms with Crippen molar-refractivity contribution in [3.63, 3.8) is 0 Å². The van der Waals surface area contributed by atoms with Gasteiger partial charge in [-0.2, -0.15) is 10.4 Å². The molecule has 21 heavy (non-hydrogen) atoms. The summed E-state index contributed by atoms with van der Waals surface area (Å²) in [5, 5.41) is 19.8. The Hall–Kier alpha value is -2.55. The van der Waals surface area contributed by atoms with E-state index in [0.29, 0.717) is 6.04 Å². The van der Waals surface area contributed by atoms with E-state index in [1.807, 2.05) is 24.3 Å². The zero-order valence-corrected chi connectivity index (χ0v) is 12.1. The molecule has 1 aromatic carbocycles. The highest BCUT2D eigenvalue weighted by Crippen LogP contribution is 2.25. The number of rotatable bonds is 4. The normalized spacial score (nSPS) is 19.0. The summed E-state index contributed by atoms with van der Waals surface area (Å²) in [6, 6.07) is 10.2. The van der Waals surface area contributed by atoms with E-state index in [2.05, 4.69) is 22.4 Å². The van der Waals surface area contributed by atoms with Crippen molar-refractivity contribution in [2.24, 2.45) is 10.8 Å². The van der Waals surface area contributed by atoms with Crippen LogP contribution in [0.3, 0.4) is 0 Å². The first-order valence-electron chi connectivity index (χ1n) is 7.06. The molecule has 1 aliphatic heterocycles. The zero-order chi connectivity index (χ0) is 15.2. The molecule has 4 N–H and O–H groups in total. The van der Waals surface area contributed by atoms with E-state index in [-0.39, 0.29) is 11.5 Å². The van der Waals surface area contributed by atoms with E-state index in [1.54, 1.807) is 6.07 Å². The molecule has 1 aromatic rings. The Labute approximate surface area is 124 Å². The minimum absolute atomic E-state index is 0.122. The molecule has 1 aliphatic rings.